The van der Waals surface area contributed by atoms with Gasteiger partial charge in [-0.15, -0.1) is 0 Å². The SMILES string of the molecule is CCC(O)CCNc1nc(-c2cc(-c3ccon3)n(Cc3ccccc3F)n2)ncc1F. The molecule has 32 heavy (non-hydrogen) atoms. The summed E-state index contributed by atoms with van der Waals surface area (Å²) >= 11 is 0. The Labute approximate surface area is 182 Å². The van der Waals surface area contributed by atoms with Crippen molar-refractivity contribution in [1.29, 1.82) is 0 Å². The van der Waals surface area contributed by atoms with Gasteiger partial charge in [0.05, 0.1) is 24.5 Å². The van der Waals surface area contributed by atoms with Crippen LogP contribution in [0, 0.1) is 11.6 Å². The smallest absolute Gasteiger partial charge is 0.183 e. The molecule has 8 nitrogen and oxygen atoms in total. The quantitative estimate of drug-likeness (QED) is 0.407. The van der Waals surface area contributed by atoms with Gasteiger partial charge in [-0.05, 0) is 25.0 Å². The first-order valence-electron chi connectivity index (χ1n) is 10.2. The first kappa shape index (κ1) is 21.6. The molecular weight excluding hydrogens is 418 g/mol. The van der Waals surface area contributed by atoms with Crippen molar-refractivity contribution >= 4 is 5.82 Å². The van der Waals surface area contributed by atoms with Crippen LogP contribution in [-0.4, -0.2) is 42.7 Å². The van der Waals surface area contributed by atoms with E-state index in [4.69, 9.17) is 4.52 Å². The minimum atomic E-state index is -0.609. The van der Waals surface area contributed by atoms with Gasteiger partial charge in [0.15, 0.2) is 17.5 Å². The molecule has 4 rings (SSSR count). The Kier molecular flexibility index (Phi) is 6.50. The van der Waals surface area contributed by atoms with Crippen LogP contribution in [-0.2, 0) is 6.54 Å². The van der Waals surface area contributed by atoms with E-state index in [0.29, 0.717) is 42.0 Å². The van der Waals surface area contributed by atoms with Gasteiger partial charge in [-0.2, -0.15) is 5.10 Å². The monoisotopic (exact) mass is 440 g/mol. The molecule has 0 fully saturated rings. The van der Waals surface area contributed by atoms with Crippen LogP contribution in [0.1, 0.15) is 25.3 Å². The Bertz CT molecular complexity index is 1180. The van der Waals surface area contributed by atoms with E-state index in [0.717, 1.165) is 6.20 Å². The summed E-state index contributed by atoms with van der Waals surface area (Å²) in [4.78, 5) is 8.31. The number of anilines is 1. The molecule has 0 amide bonds. The molecule has 0 aliphatic rings. The molecule has 1 atom stereocenters. The van der Waals surface area contributed by atoms with Crippen molar-refractivity contribution in [2.75, 3.05) is 11.9 Å². The lowest BCUT2D eigenvalue weighted by molar-refractivity contribution is 0.164. The minimum absolute atomic E-state index is 0.0185. The molecular formula is C22H22F2N6O2. The molecule has 0 radical (unpaired) electrons. The van der Waals surface area contributed by atoms with Crippen LogP contribution in [0.4, 0.5) is 14.6 Å². The number of nitrogens with zero attached hydrogens (tertiary/aromatic N) is 5. The summed E-state index contributed by atoms with van der Waals surface area (Å²) in [6.07, 6.45) is 3.10. The number of nitrogens with one attached hydrogen (secondary N) is 1. The maximum absolute atomic E-state index is 14.2. The third-order valence-electron chi connectivity index (χ3n) is 4.97. The lowest BCUT2D eigenvalue weighted by Crippen LogP contribution is -2.14. The fraction of sp³-hybridized carbons (Fsp3) is 0.273. The van der Waals surface area contributed by atoms with Crippen LogP contribution in [0.3, 0.4) is 0 Å². The van der Waals surface area contributed by atoms with Gasteiger partial charge in [0.2, 0.25) is 0 Å². The molecule has 10 heteroatoms. The van der Waals surface area contributed by atoms with Crippen LogP contribution in [0.15, 0.2) is 53.4 Å². The number of hydrogen-bond acceptors (Lipinski definition) is 7. The standard InChI is InChI=1S/C22H22F2N6O2/c1-2-15(31)7-9-25-21-17(24)12-26-22(27-21)19-11-20(18-8-10-32-29-18)30(28-19)13-14-5-3-4-6-16(14)23/h3-6,8,10-12,15,31H,2,7,9,13H2,1H3,(H,25,26,27). The van der Waals surface area contributed by atoms with Crippen molar-refractivity contribution in [3.8, 4) is 22.9 Å². The van der Waals surface area contributed by atoms with Gasteiger partial charge in [-0.3, -0.25) is 4.68 Å². The predicted octanol–water partition coefficient (Wildman–Crippen LogP) is 3.89. The zero-order chi connectivity index (χ0) is 22.5. The molecule has 3 heterocycles. The molecule has 166 valence electrons. The van der Waals surface area contributed by atoms with Crippen LogP contribution in [0.5, 0.6) is 0 Å². The van der Waals surface area contributed by atoms with Crippen molar-refractivity contribution in [1.82, 2.24) is 24.9 Å². The summed E-state index contributed by atoms with van der Waals surface area (Å²) < 4.78 is 34.9. The van der Waals surface area contributed by atoms with Gasteiger partial charge in [-0.25, -0.2) is 18.7 Å². The third-order valence-corrected chi connectivity index (χ3v) is 4.97. The Morgan fingerprint density at radius 3 is 2.75 bits per heavy atom. The largest absolute Gasteiger partial charge is 0.393 e. The lowest BCUT2D eigenvalue weighted by Gasteiger charge is -2.10. The Morgan fingerprint density at radius 1 is 1.16 bits per heavy atom. The number of aromatic nitrogens is 5. The Morgan fingerprint density at radius 2 is 2.00 bits per heavy atom. The average molecular weight is 440 g/mol. The summed E-state index contributed by atoms with van der Waals surface area (Å²) in [7, 11) is 0. The van der Waals surface area contributed by atoms with E-state index in [2.05, 4.69) is 25.5 Å². The number of aliphatic hydroxyl groups excluding tert-OH is 1. The van der Waals surface area contributed by atoms with E-state index in [1.807, 2.05) is 6.92 Å². The Hall–Kier alpha value is -3.66. The van der Waals surface area contributed by atoms with Crippen LogP contribution >= 0.6 is 0 Å². The van der Waals surface area contributed by atoms with E-state index in [1.54, 1.807) is 35.0 Å². The van der Waals surface area contributed by atoms with Crippen molar-refractivity contribution in [2.45, 2.75) is 32.4 Å². The number of rotatable bonds is 9. The summed E-state index contributed by atoms with van der Waals surface area (Å²) in [5.74, 6) is -0.747. The van der Waals surface area contributed by atoms with Crippen molar-refractivity contribution < 1.29 is 18.4 Å². The molecule has 0 saturated heterocycles. The van der Waals surface area contributed by atoms with Crippen LogP contribution < -0.4 is 5.32 Å². The number of hydrogen-bond donors (Lipinski definition) is 2. The zero-order valence-electron chi connectivity index (χ0n) is 17.4. The molecule has 0 bridgehead atoms. The second-order valence-corrected chi connectivity index (χ2v) is 7.22. The van der Waals surface area contributed by atoms with Gasteiger partial charge in [0, 0.05) is 18.2 Å². The minimum Gasteiger partial charge on any atom is -0.393 e. The van der Waals surface area contributed by atoms with Gasteiger partial charge < -0.3 is 14.9 Å². The molecule has 1 unspecified atom stereocenters. The highest BCUT2D eigenvalue weighted by Crippen LogP contribution is 2.26. The predicted molar refractivity (Wildman–Crippen MR) is 114 cm³/mol. The van der Waals surface area contributed by atoms with Crippen LogP contribution in [0.2, 0.25) is 0 Å². The van der Waals surface area contributed by atoms with Gasteiger partial charge in [-0.1, -0.05) is 30.3 Å². The maximum atomic E-state index is 14.2. The summed E-state index contributed by atoms with van der Waals surface area (Å²) in [5, 5.41) is 21.0. The zero-order valence-corrected chi connectivity index (χ0v) is 17.4. The molecule has 3 aromatic heterocycles. The molecule has 0 aliphatic carbocycles. The van der Waals surface area contributed by atoms with E-state index in [-0.39, 0.29) is 24.0 Å². The van der Waals surface area contributed by atoms with Crippen LogP contribution in [0.25, 0.3) is 22.9 Å². The second kappa shape index (κ2) is 9.65. The number of halogens is 2. The summed E-state index contributed by atoms with van der Waals surface area (Å²) in [6.45, 7) is 2.38. The highest BCUT2D eigenvalue weighted by Gasteiger charge is 2.18. The number of aliphatic hydroxyl groups is 1. The molecule has 0 spiro atoms. The van der Waals surface area contributed by atoms with Gasteiger partial charge in [0.25, 0.3) is 0 Å². The molecule has 4 aromatic rings. The highest BCUT2D eigenvalue weighted by atomic mass is 19.1. The van der Waals surface area contributed by atoms with Crippen molar-refractivity contribution in [3.63, 3.8) is 0 Å². The summed E-state index contributed by atoms with van der Waals surface area (Å²) in [5.41, 5.74) is 1.90. The molecule has 1 aromatic carbocycles. The number of benzene rings is 1. The van der Waals surface area contributed by atoms with E-state index < -0.39 is 11.9 Å². The first-order valence-corrected chi connectivity index (χ1v) is 10.2. The topological polar surface area (TPSA) is 102 Å². The highest BCUT2D eigenvalue weighted by molar-refractivity contribution is 5.63. The average Bonchev–Trinajstić information content (AvgIpc) is 3.46. The van der Waals surface area contributed by atoms with E-state index in [9.17, 15) is 13.9 Å². The molecule has 0 saturated carbocycles. The van der Waals surface area contributed by atoms with Crippen molar-refractivity contribution in [3.05, 3.63) is 66.1 Å². The second-order valence-electron chi connectivity index (χ2n) is 7.22. The molecule has 2 N–H and O–H groups in total. The fourth-order valence-electron chi connectivity index (χ4n) is 3.16. The first-order chi connectivity index (χ1) is 15.5. The van der Waals surface area contributed by atoms with Crippen molar-refractivity contribution in [2.24, 2.45) is 0 Å². The lowest BCUT2D eigenvalue weighted by atomic mass is 10.2. The Balaban J connectivity index is 1.65. The fourth-order valence-corrected chi connectivity index (χ4v) is 3.16. The third kappa shape index (κ3) is 4.80. The van der Waals surface area contributed by atoms with Gasteiger partial charge in [0.1, 0.15) is 23.5 Å². The van der Waals surface area contributed by atoms with Gasteiger partial charge >= 0.3 is 0 Å². The maximum Gasteiger partial charge on any atom is 0.183 e. The normalized spacial score (nSPS) is 12.1. The van der Waals surface area contributed by atoms with E-state index in [1.165, 1.54) is 12.3 Å². The molecule has 0 aliphatic heterocycles. The summed E-state index contributed by atoms with van der Waals surface area (Å²) in [6, 6.07) is 9.77. The van der Waals surface area contributed by atoms with E-state index >= 15 is 0 Å².